The van der Waals surface area contributed by atoms with Gasteiger partial charge in [-0.15, -0.1) is 10.2 Å². The summed E-state index contributed by atoms with van der Waals surface area (Å²) in [5, 5.41) is 22.9. The number of rotatable bonds is 6. The van der Waals surface area contributed by atoms with Crippen molar-refractivity contribution in [3.63, 3.8) is 0 Å². The van der Waals surface area contributed by atoms with Crippen LogP contribution in [0.1, 0.15) is 0 Å². The number of benzene rings is 2. The minimum absolute atomic E-state index is 0.0347. The average Bonchev–Trinajstić information content (AvgIpc) is 3.04. The number of carbonyl (C=O) groups excluding carboxylic acids is 1. The predicted molar refractivity (Wildman–Crippen MR) is 109 cm³/mol. The normalized spacial score (nSPS) is 10.7. The topological polar surface area (TPSA) is 103 Å². The molecule has 3 aromatic rings. The maximum atomic E-state index is 12.2. The Bertz CT molecular complexity index is 1060. The molecule has 0 unspecified atom stereocenters. The maximum Gasteiger partial charge on any atom is 0.270 e. The summed E-state index contributed by atoms with van der Waals surface area (Å²) in [6.07, 6.45) is 0. The van der Waals surface area contributed by atoms with Gasteiger partial charge in [-0.25, -0.2) is 0 Å². The van der Waals surface area contributed by atoms with Crippen LogP contribution < -0.4 is 5.32 Å². The van der Waals surface area contributed by atoms with Gasteiger partial charge >= 0.3 is 0 Å². The Morgan fingerprint density at radius 2 is 2.00 bits per heavy atom. The zero-order chi connectivity index (χ0) is 20.3. The minimum Gasteiger partial charge on any atom is -0.324 e. The van der Waals surface area contributed by atoms with Gasteiger partial charge in [0.25, 0.3) is 5.69 Å². The fourth-order valence-corrected chi connectivity index (χ4v) is 3.43. The molecule has 144 valence electrons. The van der Waals surface area contributed by atoms with Crippen molar-refractivity contribution in [2.45, 2.75) is 5.16 Å². The van der Waals surface area contributed by atoms with Crippen LogP contribution in [0.15, 0.2) is 47.6 Å². The average molecular weight is 438 g/mol. The molecule has 11 heteroatoms. The fraction of sp³-hybridized carbons (Fsp3) is 0.118. The van der Waals surface area contributed by atoms with E-state index in [9.17, 15) is 14.9 Å². The van der Waals surface area contributed by atoms with Crippen LogP contribution in [0.5, 0.6) is 0 Å². The van der Waals surface area contributed by atoms with Gasteiger partial charge in [0, 0.05) is 24.7 Å². The third-order valence-corrected chi connectivity index (χ3v) is 5.55. The molecule has 2 aromatic carbocycles. The third kappa shape index (κ3) is 4.44. The highest BCUT2D eigenvalue weighted by Crippen LogP contribution is 2.30. The van der Waals surface area contributed by atoms with E-state index in [0.717, 1.165) is 0 Å². The first-order valence-electron chi connectivity index (χ1n) is 7.87. The van der Waals surface area contributed by atoms with E-state index >= 15 is 0 Å². The second kappa shape index (κ2) is 8.59. The lowest BCUT2D eigenvalue weighted by Gasteiger charge is -2.08. The Hall–Kier alpha value is -2.62. The number of aromatic nitrogens is 3. The number of halogens is 2. The lowest BCUT2D eigenvalue weighted by atomic mass is 10.2. The number of non-ortho nitro benzene ring substituents is 1. The zero-order valence-electron chi connectivity index (χ0n) is 14.4. The van der Waals surface area contributed by atoms with Crippen molar-refractivity contribution >= 4 is 52.2 Å². The van der Waals surface area contributed by atoms with Gasteiger partial charge in [0.2, 0.25) is 5.91 Å². The van der Waals surface area contributed by atoms with Crippen molar-refractivity contribution in [2.24, 2.45) is 7.05 Å². The molecule has 0 saturated carbocycles. The zero-order valence-corrected chi connectivity index (χ0v) is 16.8. The summed E-state index contributed by atoms with van der Waals surface area (Å²) < 4.78 is 1.67. The molecule has 0 bridgehead atoms. The summed E-state index contributed by atoms with van der Waals surface area (Å²) in [6.45, 7) is 0. The SMILES string of the molecule is Cn1c(SCC(=O)Nc2cccc(Cl)c2Cl)nnc1-c1cccc([N+](=O)[O-])c1. The number of nitro benzene ring substituents is 1. The number of hydrogen-bond acceptors (Lipinski definition) is 6. The summed E-state index contributed by atoms with van der Waals surface area (Å²) >= 11 is 13.2. The summed E-state index contributed by atoms with van der Waals surface area (Å²) in [4.78, 5) is 22.7. The van der Waals surface area contributed by atoms with Crippen LogP contribution in [0, 0.1) is 10.1 Å². The summed E-state index contributed by atoms with van der Waals surface area (Å²) in [5.74, 6) is 0.252. The number of nitrogens with zero attached hydrogens (tertiary/aromatic N) is 4. The highest BCUT2D eigenvalue weighted by molar-refractivity contribution is 7.99. The molecule has 0 aliphatic carbocycles. The molecule has 3 rings (SSSR count). The largest absolute Gasteiger partial charge is 0.324 e. The Morgan fingerprint density at radius 1 is 1.25 bits per heavy atom. The molecule has 1 aromatic heterocycles. The number of thioether (sulfide) groups is 1. The molecule has 1 N–H and O–H groups in total. The molecule has 0 aliphatic heterocycles. The van der Waals surface area contributed by atoms with Gasteiger partial charge in [0.15, 0.2) is 11.0 Å². The molecule has 0 spiro atoms. The number of anilines is 1. The van der Waals surface area contributed by atoms with Crippen molar-refractivity contribution in [3.05, 3.63) is 62.6 Å². The highest BCUT2D eigenvalue weighted by Gasteiger charge is 2.16. The van der Waals surface area contributed by atoms with E-state index in [4.69, 9.17) is 23.2 Å². The molecular formula is C17H13Cl2N5O3S. The van der Waals surface area contributed by atoms with Crippen molar-refractivity contribution in [2.75, 3.05) is 11.1 Å². The lowest BCUT2D eigenvalue weighted by molar-refractivity contribution is -0.384. The van der Waals surface area contributed by atoms with Crippen LogP contribution in [0.25, 0.3) is 11.4 Å². The van der Waals surface area contributed by atoms with Crippen LogP contribution in [0.2, 0.25) is 10.0 Å². The molecule has 0 fully saturated rings. The van der Waals surface area contributed by atoms with E-state index in [1.807, 2.05) is 0 Å². The van der Waals surface area contributed by atoms with Gasteiger partial charge < -0.3 is 9.88 Å². The van der Waals surface area contributed by atoms with E-state index in [1.165, 1.54) is 23.9 Å². The van der Waals surface area contributed by atoms with Gasteiger partial charge in [-0.05, 0) is 12.1 Å². The number of carbonyl (C=O) groups is 1. The molecule has 1 amide bonds. The molecule has 8 nitrogen and oxygen atoms in total. The first kappa shape index (κ1) is 20.1. The van der Waals surface area contributed by atoms with Gasteiger partial charge in [0.1, 0.15) is 0 Å². The molecule has 28 heavy (non-hydrogen) atoms. The number of nitrogens with one attached hydrogen (secondary N) is 1. The first-order chi connectivity index (χ1) is 13.4. The van der Waals surface area contributed by atoms with Crippen LogP contribution in [-0.2, 0) is 11.8 Å². The number of amides is 1. The molecule has 0 saturated heterocycles. The monoisotopic (exact) mass is 437 g/mol. The van der Waals surface area contributed by atoms with Gasteiger partial charge in [0.05, 0.1) is 26.4 Å². The van der Waals surface area contributed by atoms with E-state index < -0.39 is 4.92 Å². The quantitative estimate of drug-likeness (QED) is 0.347. The van der Waals surface area contributed by atoms with E-state index in [2.05, 4.69) is 15.5 Å². The first-order valence-corrected chi connectivity index (χ1v) is 9.62. The standard InChI is InChI=1S/C17H13Cl2N5O3S/c1-23-16(10-4-2-5-11(8-10)24(26)27)21-22-17(23)28-9-14(25)20-13-7-3-6-12(18)15(13)19/h2-8H,9H2,1H3,(H,20,25). The van der Waals surface area contributed by atoms with E-state index in [0.29, 0.717) is 27.3 Å². The van der Waals surface area contributed by atoms with Gasteiger partial charge in [-0.2, -0.15) is 0 Å². The predicted octanol–water partition coefficient (Wildman–Crippen LogP) is 4.43. The van der Waals surface area contributed by atoms with E-state index in [1.54, 1.807) is 41.9 Å². The second-order valence-corrected chi connectivity index (χ2v) is 7.34. The molecule has 0 aliphatic rings. The molecular weight excluding hydrogens is 425 g/mol. The smallest absolute Gasteiger partial charge is 0.270 e. The van der Waals surface area contributed by atoms with Crippen LogP contribution in [0.3, 0.4) is 0 Å². The summed E-state index contributed by atoms with van der Waals surface area (Å²) in [5.41, 5.74) is 0.953. The van der Waals surface area contributed by atoms with Crippen molar-refractivity contribution < 1.29 is 9.72 Å². The Morgan fingerprint density at radius 3 is 2.75 bits per heavy atom. The van der Waals surface area contributed by atoms with Crippen molar-refractivity contribution in [1.29, 1.82) is 0 Å². The molecule has 1 heterocycles. The van der Waals surface area contributed by atoms with Crippen molar-refractivity contribution in [3.8, 4) is 11.4 Å². The molecule has 0 radical (unpaired) electrons. The third-order valence-electron chi connectivity index (χ3n) is 3.71. The summed E-state index contributed by atoms with van der Waals surface area (Å²) in [7, 11) is 1.72. The van der Waals surface area contributed by atoms with Crippen molar-refractivity contribution in [1.82, 2.24) is 14.8 Å². The Labute approximate surface area is 174 Å². The fourth-order valence-electron chi connectivity index (χ4n) is 2.37. The van der Waals surface area contributed by atoms with Crippen LogP contribution >= 0.6 is 35.0 Å². The second-order valence-electron chi connectivity index (χ2n) is 5.61. The lowest BCUT2D eigenvalue weighted by Crippen LogP contribution is -2.14. The molecule has 0 atom stereocenters. The van der Waals surface area contributed by atoms with Gasteiger partial charge in [-0.1, -0.05) is 53.2 Å². The highest BCUT2D eigenvalue weighted by atomic mass is 35.5. The minimum atomic E-state index is -0.471. The summed E-state index contributed by atoms with van der Waals surface area (Å²) in [6, 6.07) is 11.1. The Kier molecular flexibility index (Phi) is 6.18. The Balaban J connectivity index is 1.69. The van der Waals surface area contributed by atoms with E-state index in [-0.39, 0.29) is 22.4 Å². The maximum absolute atomic E-state index is 12.2. The van der Waals surface area contributed by atoms with Crippen LogP contribution in [0.4, 0.5) is 11.4 Å². The number of hydrogen-bond donors (Lipinski definition) is 1. The van der Waals surface area contributed by atoms with Crippen LogP contribution in [-0.4, -0.2) is 31.3 Å². The number of nitro groups is 1. The van der Waals surface area contributed by atoms with Gasteiger partial charge in [-0.3, -0.25) is 14.9 Å².